The predicted molar refractivity (Wildman–Crippen MR) is 90.7 cm³/mol. The molecule has 1 unspecified atom stereocenters. The molecule has 1 atom stereocenters. The van der Waals surface area contributed by atoms with Crippen LogP contribution in [0.15, 0.2) is 40.9 Å². The average Bonchev–Trinajstić information content (AvgIpc) is 2.48. The Hall–Kier alpha value is -1.07. The molecule has 0 saturated carbocycles. The molecule has 0 fully saturated rings. The van der Waals surface area contributed by atoms with Crippen LogP contribution in [0.3, 0.4) is 0 Å². The summed E-state index contributed by atoms with van der Waals surface area (Å²) in [5.74, 6) is 6.59. The van der Waals surface area contributed by atoms with E-state index in [0.29, 0.717) is 11.4 Å². The number of benzene rings is 2. The van der Waals surface area contributed by atoms with Crippen molar-refractivity contribution in [1.29, 1.82) is 0 Å². The van der Waals surface area contributed by atoms with Crippen molar-refractivity contribution in [2.75, 3.05) is 7.11 Å². The van der Waals surface area contributed by atoms with Crippen molar-refractivity contribution < 1.29 is 4.74 Å². The van der Waals surface area contributed by atoms with Gasteiger partial charge in [0.2, 0.25) is 0 Å². The third kappa shape index (κ3) is 3.77. The Labute approximate surface area is 138 Å². The Bertz CT molecular complexity index is 634. The molecule has 0 spiro atoms. The van der Waals surface area contributed by atoms with Gasteiger partial charge in [0.25, 0.3) is 0 Å². The first-order chi connectivity index (χ1) is 10.1. The monoisotopic (exact) mass is 368 g/mol. The standard InChI is InChI=1S/C16H18BrClN2O/c1-10-6-7-15(21-2)11(8-10)9-14(20-19)12-4-3-5-13(17)16(12)18/h3-8,14,20H,9,19H2,1-2H3. The third-order valence-electron chi connectivity index (χ3n) is 3.42. The Morgan fingerprint density at radius 2 is 2.10 bits per heavy atom. The number of hydrogen-bond acceptors (Lipinski definition) is 3. The zero-order chi connectivity index (χ0) is 15.4. The van der Waals surface area contributed by atoms with Gasteiger partial charge in [-0.1, -0.05) is 41.4 Å². The fourth-order valence-electron chi connectivity index (χ4n) is 2.34. The van der Waals surface area contributed by atoms with Gasteiger partial charge in [0.1, 0.15) is 5.75 Å². The maximum absolute atomic E-state index is 6.36. The zero-order valence-corrected chi connectivity index (χ0v) is 14.3. The molecular formula is C16H18BrClN2O. The van der Waals surface area contributed by atoms with Gasteiger partial charge in [0.05, 0.1) is 18.2 Å². The molecule has 112 valence electrons. The maximum Gasteiger partial charge on any atom is 0.122 e. The summed E-state index contributed by atoms with van der Waals surface area (Å²) in [7, 11) is 1.67. The van der Waals surface area contributed by atoms with Gasteiger partial charge < -0.3 is 4.74 Å². The van der Waals surface area contributed by atoms with E-state index < -0.39 is 0 Å². The van der Waals surface area contributed by atoms with E-state index in [2.05, 4.69) is 34.3 Å². The minimum Gasteiger partial charge on any atom is -0.496 e. The second-order valence-corrected chi connectivity index (χ2v) is 6.11. The van der Waals surface area contributed by atoms with Crippen molar-refractivity contribution in [1.82, 2.24) is 5.43 Å². The van der Waals surface area contributed by atoms with Crippen LogP contribution in [0.4, 0.5) is 0 Å². The van der Waals surface area contributed by atoms with E-state index in [4.69, 9.17) is 22.2 Å². The number of hydrogen-bond donors (Lipinski definition) is 2. The Morgan fingerprint density at radius 1 is 1.33 bits per heavy atom. The van der Waals surface area contributed by atoms with E-state index in [-0.39, 0.29) is 6.04 Å². The van der Waals surface area contributed by atoms with Crippen LogP contribution in [-0.4, -0.2) is 7.11 Å². The number of aryl methyl sites for hydroxylation is 1. The third-order valence-corrected chi connectivity index (χ3v) is 4.73. The summed E-state index contributed by atoms with van der Waals surface area (Å²) in [5, 5.41) is 0.673. The average molecular weight is 370 g/mol. The van der Waals surface area contributed by atoms with Crippen LogP contribution in [0.1, 0.15) is 22.7 Å². The summed E-state index contributed by atoms with van der Waals surface area (Å²) in [5.41, 5.74) is 6.08. The molecule has 3 N–H and O–H groups in total. The van der Waals surface area contributed by atoms with E-state index in [1.54, 1.807) is 7.11 Å². The minimum atomic E-state index is -0.0919. The highest BCUT2D eigenvalue weighted by Crippen LogP contribution is 2.33. The molecule has 0 aliphatic rings. The second kappa shape index (κ2) is 7.27. The van der Waals surface area contributed by atoms with Crippen LogP contribution < -0.4 is 16.0 Å². The molecule has 5 heteroatoms. The number of hydrazine groups is 1. The zero-order valence-electron chi connectivity index (χ0n) is 12.0. The van der Waals surface area contributed by atoms with Gasteiger partial charge in [-0.25, -0.2) is 0 Å². The molecule has 2 aromatic rings. The Balaban J connectivity index is 2.35. The van der Waals surface area contributed by atoms with Gasteiger partial charge in [-0.2, -0.15) is 0 Å². The summed E-state index contributed by atoms with van der Waals surface area (Å²) in [6.45, 7) is 2.06. The van der Waals surface area contributed by atoms with Crippen LogP contribution in [0.2, 0.25) is 5.02 Å². The molecule has 0 amide bonds. The van der Waals surface area contributed by atoms with Gasteiger partial charge >= 0.3 is 0 Å². The lowest BCUT2D eigenvalue weighted by Crippen LogP contribution is -2.30. The fraction of sp³-hybridized carbons (Fsp3) is 0.250. The smallest absolute Gasteiger partial charge is 0.122 e. The van der Waals surface area contributed by atoms with Gasteiger partial charge in [0.15, 0.2) is 0 Å². The van der Waals surface area contributed by atoms with Crippen LogP contribution in [0, 0.1) is 6.92 Å². The SMILES string of the molecule is COc1ccc(C)cc1CC(NN)c1cccc(Br)c1Cl. The van der Waals surface area contributed by atoms with Crippen molar-refractivity contribution in [2.45, 2.75) is 19.4 Å². The number of nitrogens with one attached hydrogen (secondary N) is 1. The number of ether oxygens (including phenoxy) is 1. The molecule has 0 aliphatic heterocycles. The molecule has 0 aliphatic carbocycles. The first kappa shape index (κ1) is 16.3. The van der Waals surface area contributed by atoms with Gasteiger partial charge in [-0.15, -0.1) is 0 Å². The fourth-order valence-corrected chi connectivity index (χ4v) is 2.97. The van der Waals surface area contributed by atoms with Crippen LogP contribution in [0.5, 0.6) is 5.75 Å². The van der Waals surface area contributed by atoms with E-state index in [9.17, 15) is 0 Å². The summed E-state index contributed by atoms with van der Waals surface area (Å²) in [6.07, 6.45) is 0.692. The van der Waals surface area contributed by atoms with E-state index in [0.717, 1.165) is 21.3 Å². The first-order valence-electron chi connectivity index (χ1n) is 6.60. The lowest BCUT2D eigenvalue weighted by molar-refractivity contribution is 0.405. The maximum atomic E-state index is 6.36. The summed E-state index contributed by atoms with van der Waals surface area (Å²) in [4.78, 5) is 0. The van der Waals surface area contributed by atoms with Crippen molar-refractivity contribution in [3.8, 4) is 5.75 Å². The molecule has 0 aromatic heterocycles. The molecule has 0 saturated heterocycles. The van der Waals surface area contributed by atoms with E-state index in [1.807, 2.05) is 30.3 Å². The van der Waals surface area contributed by atoms with Crippen molar-refractivity contribution in [3.63, 3.8) is 0 Å². The van der Waals surface area contributed by atoms with Gasteiger partial charge in [0, 0.05) is 4.47 Å². The minimum absolute atomic E-state index is 0.0919. The Kier molecular flexibility index (Phi) is 5.65. The highest BCUT2D eigenvalue weighted by atomic mass is 79.9. The number of nitrogens with two attached hydrogens (primary N) is 1. The highest BCUT2D eigenvalue weighted by molar-refractivity contribution is 9.10. The largest absolute Gasteiger partial charge is 0.496 e. The Morgan fingerprint density at radius 3 is 2.76 bits per heavy atom. The number of rotatable bonds is 5. The van der Waals surface area contributed by atoms with Crippen molar-refractivity contribution in [3.05, 3.63) is 62.6 Å². The molecule has 2 rings (SSSR count). The van der Waals surface area contributed by atoms with Gasteiger partial charge in [-0.05, 0) is 52.5 Å². The topological polar surface area (TPSA) is 47.3 Å². The summed E-state index contributed by atoms with van der Waals surface area (Å²) >= 11 is 9.81. The highest BCUT2D eigenvalue weighted by Gasteiger charge is 2.17. The van der Waals surface area contributed by atoms with E-state index >= 15 is 0 Å². The van der Waals surface area contributed by atoms with E-state index in [1.165, 1.54) is 5.56 Å². The quantitative estimate of drug-likeness (QED) is 0.614. The molecule has 0 bridgehead atoms. The second-order valence-electron chi connectivity index (χ2n) is 4.88. The lowest BCUT2D eigenvalue weighted by Gasteiger charge is -2.20. The van der Waals surface area contributed by atoms with Crippen LogP contribution >= 0.6 is 27.5 Å². The molecule has 2 aromatic carbocycles. The number of methoxy groups -OCH3 is 1. The molecular weight excluding hydrogens is 352 g/mol. The normalized spacial score (nSPS) is 12.2. The predicted octanol–water partition coefficient (Wildman–Crippen LogP) is 4.17. The van der Waals surface area contributed by atoms with Gasteiger partial charge in [-0.3, -0.25) is 11.3 Å². The molecule has 3 nitrogen and oxygen atoms in total. The lowest BCUT2D eigenvalue weighted by atomic mass is 9.97. The van der Waals surface area contributed by atoms with Crippen LogP contribution in [-0.2, 0) is 6.42 Å². The first-order valence-corrected chi connectivity index (χ1v) is 7.77. The number of halogens is 2. The van der Waals surface area contributed by atoms with Crippen molar-refractivity contribution in [2.24, 2.45) is 5.84 Å². The molecule has 21 heavy (non-hydrogen) atoms. The molecule has 0 radical (unpaired) electrons. The molecule has 0 heterocycles. The van der Waals surface area contributed by atoms with Crippen molar-refractivity contribution >= 4 is 27.5 Å². The van der Waals surface area contributed by atoms with Crippen LogP contribution in [0.25, 0.3) is 0 Å². The summed E-state index contributed by atoms with van der Waals surface area (Å²) < 4.78 is 6.28. The summed E-state index contributed by atoms with van der Waals surface area (Å²) in [6, 6.07) is 11.8.